The normalized spacial score (nSPS) is 10.7. The molecule has 0 saturated heterocycles. The van der Waals surface area contributed by atoms with Gasteiger partial charge in [0.2, 0.25) is 0 Å². The molecule has 0 bridgehead atoms. The molecule has 7 nitrogen and oxygen atoms in total. The number of carbonyl (C=O) groups excluding carboxylic acids is 1. The van der Waals surface area contributed by atoms with Crippen molar-refractivity contribution in [3.63, 3.8) is 0 Å². The summed E-state index contributed by atoms with van der Waals surface area (Å²) in [5.74, 6) is -0.234. The molecule has 0 unspecified atom stereocenters. The molecule has 0 radical (unpaired) electrons. The summed E-state index contributed by atoms with van der Waals surface area (Å²) in [5, 5.41) is 6.98. The van der Waals surface area contributed by atoms with Crippen molar-refractivity contribution >= 4 is 11.7 Å². The van der Waals surface area contributed by atoms with E-state index < -0.39 is 11.7 Å². The summed E-state index contributed by atoms with van der Waals surface area (Å²) in [4.78, 5) is 25.8. The molecule has 0 saturated carbocycles. The minimum atomic E-state index is -0.473. The van der Waals surface area contributed by atoms with E-state index in [1.165, 1.54) is 10.7 Å². The van der Waals surface area contributed by atoms with Crippen LogP contribution in [0.5, 0.6) is 0 Å². The van der Waals surface area contributed by atoms with Crippen molar-refractivity contribution in [3.05, 3.63) is 83.7 Å². The molecule has 0 fully saturated rings. The minimum Gasteiger partial charge on any atom is -0.305 e. The minimum absolute atomic E-state index is 0.193. The SMILES string of the molecule is Cc1cccc(-c2nccc(NC(=O)c3cc(C)nn3-c3ccccc3F)n2)n1. The number of halogens is 1. The second-order valence-electron chi connectivity index (χ2n) is 6.42. The van der Waals surface area contributed by atoms with Crippen LogP contribution in [0.3, 0.4) is 0 Å². The van der Waals surface area contributed by atoms with E-state index in [1.54, 1.807) is 49.5 Å². The van der Waals surface area contributed by atoms with Gasteiger partial charge in [-0.15, -0.1) is 0 Å². The first-order valence-corrected chi connectivity index (χ1v) is 8.91. The number of nitrogens with zero attached hydrogens (tertiary/aromatic N) is 5. The highest BCUT2D eigenvalue weighted by Crippen LogP contribution is 2.18. The highest BCUT2D eigenvalue weighted by molar-refractivity contribution is 6.03. The number of anilines is 1. The van der Waals surface area contributed by atoms with E-state index in [9.17, 15) is 9.18 Å². The third-order valence-corrected chi connectivity index (χ3v) is 4.16. The van der Waals surface area contributed by atoms with Crippen LogP contribution in [0.25, 0.3) is 17.2 Å². The third-order valence-electron chi connectivity index (χ3n) is 4.16. The predicted molar refractivity (Wildman–Crippen MR) is 106 cm³/mol. The molecule has 1 N–H and O–H groups in total. The number of pyridine rings is 1. The summed E-state index contributed by atoms with van der Waals surface area (Å²) in [7, 11) is 0. The van der Waals surface area contributed by atoms with Crippen LogP contribution < -0.4 is 5.32 Å². The summed E-state index contributed by atoms with van der Waals surface area (Å²) < 4.78 is 15.5. The Labute approximate surface area is 166 Å². The maximum absolute atomic E-state index is 14.2. The van der Waals surface area contributed by atoms with Gasteiger partial charge in [0, 0.05) is 11.9 Å². The van der Waals surface area contributed by atoms with Crippen molar-refractivity contribution in [3.8, 4) is 17.2 Å². The van der Waals surface area contributed by atoms with Crippen molar-refractivity contribution < 1.29 is 9.18 Å². The summed E-state index contributed by atoms with van der Waals surface area (Å²) >= 11 is 0. The van der Waals surface area contributed by atoms with Gasteiger partial charge in [-0.3, -0.25) is 4.79 Å². The van der Waals surface area contributed by atoms with Gasteiger partial charge in [-0.05, 0) is 50.2 Å². The highest BCUT2D eigenvalue weighted by atomic mass is 19.1. The maximum atomic E-state index is 14.2. The van der Waals surface area contributed by atoms with Crippen molar-refractivity contribution in [1.82, 2.24) is 24.7 Å². The van der Waals surface area contributed by atoms with Gasteiger partial charge in [-0.2, -0.15) is 5.10 Å². The fourth-order valence-corrected chi connectivity index (χ4v) is 2.87. The fraction of sp³-hybridized carbons (Fsp3) is 0.0952. The van der Waals surface area contributed by atoms with E-state index in [1.807, 2.05) is 19.1 Å². The van der Waals surface area contributed by atoms with Gasteiger partial charge in [0.25, 0.3) is 5.91 Å². The smallest absolute Gasteiger partial charge is 0.275 e. The summed E-state index contributed by atoms with van der Waals surface area (Å²) in [5.41, 5.74) is 2.42. The number of aromatic nitrogens is 5. The average Bonchev–Trinajstić information content (AvgIpc) is 3.10. The molecule has 0 atom stereocenters. The number of aryl methyl sites for hydroxylation is 2. The largest absolute Gasteiger partial charge is 0.305 e. The zero-order valence-corrected chi connectivity index (χ0v) is 15.8. The van der Waals surface area contributed by atoms with Crippen molar-refractivity contribution in [1.29, 1.82) is 0 Å². The van der Waals surface area contributed by atoms with Gasteiger partial charge in [0.05, 0.1) is 5.69 Å². The van der Waals surface area contributed by atoms with Crippen LogP contribution in [0.15, 0.2) is 60.8 Å². The molecule has 1 amide bonds. The second-order valence-corrected chi connectivity index (χ2v) is 6.42. The lowest BCUT2D eigenvalue weighted by molar-refractivity contribution is 0.101. The van der Waals surface area contributed by atoms with Crippen LogP contribution in [0.4, 0.5) is 10.2 Å². The highest BCUT2D eigenvalue weighted by Gasteiger charge is 2.18. The maximum Gasteiger partial charge on any atom is 0.275 e. The number of amides is 1. The van der Waals surface area contributed by atoms with E-state index in [0.717, 1.165) is 5.69 Å². The van der Waals surface area contributed by atoms with E-state index in [0.29, 0.717) is 23.0 Å². The lowest BCUT2D eigenvalue weighted by Crippen LogP contribution is -2.18. The van der Waals surface area contributed by atoms with Crippen molar-refractivity contribution in [2.24, 2.45) is 0 Å². The van der Waals surface area contributed by atoms with Gasteiger partial charge in [-0.1, -0.05) is 18.2 Å². The summed E-state index contributed by atoms with van der Waals surface area (Å²) in [6, 6.07) is 14.8. The Balaban J connectivity index is 1.65. The molecule has 8 heteroatoms. The summed E-state index contributed by atoms with van der Waals surface area (Å²) in [6.45, 7) is 3.61. The Kier molecular flexibility index (Phi) is 4.82. The molecule has 0 aliphatic carbocycles. The molecule has 3 heterocycles. The molecule has 1 aromatic carbocycles. The summed E-state index contributed by atoms with van der Waals surface area (Å²) in [6.07, 6.45) is 1.54. The Morgan fingerprint density at radius 1 is 1.00 bits per heavy atom. The van der Waals surface area contributed by atoms with E-state index in [-0.39, 0.29) is 11.4 Å². The molecule has 0 aliphatic rings. The number of nitrogens with one attached hydrogen (secondary N) is 1. The van der Waals surface area contributed by atoms with Crippen molar-refractivity contribution in [2.45, 2.75) is 13.8 Å². The zero-order valence-electron chi connectivity index (χ0n) is 15.8. The monoisotopic (exact) mass is 388 g/mol. The first-order chi connectivity index (χ1) is 14.0. The number of hydrogen-bond acceptors (Lipinski definition) is 5. The molecule has 144 valence electrons. The Bertz CT molecular complexity index is 1200. The molecule has 0 spiro atoms. The molecule has 4 rings (SSSR count). The number of carbonyl (C=O) groups is 1. The van der Waals surface area contributed by atoms with E-state index in [4.69, 9.17) is 0 Å². The standard InChI is InChI=1S/C21H17FN6O/c1-13-6-5-8-16(24-13)20-23-11-10-19(25-20)26-21(29)18-12-14(2)27-28(18)17-9-4-3-7-15(17)22/h3-12H,1-2H3,(H,23,25,26,29). The Hall–Kier alpha value is -3.94. The second kappa shape index (κ2) is 7.59. The van der Waals surface area contributed by atoms with Crippen LogP contribution in [0.2, 0.25) is 0 Å². The first kappa shape index (κ1) is 18.4. The average molecular weight is 388 g/mol. The topological polar surface area (TPSA) is 85.6 Å². The Morgan fingerprint density at radius 2 is 1.83 bits per heavy atom. The van der Waals surface area contributed by atoms with Crippen LogP contribution in [-0.4, -0.2) is 30.6 Å². The molecule has 0 aliphatic heterocycles. The first-order valence-electron chi connectivity index (χ1n) is 8.91. The molecule has 29 heavy (non-hydrogen) atoms. The van der Waals surface area contributed by atoms with Gasteiger partial charge >= 0.3 is 0 Å². The van der Waals surface area contributed by atoms with Crippen LogP contribution in [0, 0.1) is 19.7 Å². The Morgan fingerprint density at radius 3 is 2.62 bits per heavy atom. The number of hydrogen-bond donors (Lipinski definition) is 1. The van der Waals surface area contributed by atoms with Gasteiger partial charge < -0.3 is 5.32 Å². The number of benzene rings is 1. The van der Waals surface area contributed by atoms with E-state index >= 15 is 0 Å². The lowest BCUT2D eigenvalue weighted by atomic mass is 10.3. The number of para-hydroxylation sites is 1. The van der Waals surface area contributed by atoms with Gasteiger partial charge in [0.1, 0.15) is 28.7 Å². The molecular formula is C21H17FN6O. The van der Waals surface area contributed by atoms with Crippen molar-refractivity contribution in [2.75, 3.05) is 5.32 Å². The lowest BCUT2D eigenvalue weighted by Gasteiger charge is -2.09. The van der Waals surface area contributed by atoms with Crippen LogP contribution in [-0.2, 0) is 0 Å². The number of rotatable bonds is 4. The van der Waals surface area contributed by atoms with Gasteiger partial charge in [-0.25, -0.2) is 24.0 Å². The quantitative estimate of drug-likeness (QED) is 0.576. The van der Waals surface area contributed by atoms with Gasteiger partial charge in [0.15, 0.2) is 5.82 Å². The van der Waals surface area contributed by atoms with Crippen LogP contribution >= 0.6 is 0 Å². The van der Waals surface area contributed by atoms with Crippen LogP contribution in [0.1, 0.15) is 21.9 Å². The molecule has 3 aromatic heterocycles. The molecular weight excluding hydrogens is 371 g/mol. The van der Waals surface area contributed by atoms with E-state index in [2.05, 4.69) is 25.4 Å². The third kappa shape index (κ3) is 3.86. The zero-order chi connectivity index (χ0) is 20.4. The predicted octanol–water partition coefficient (Wildman–Crippen LogP) is 3.73. The molecule has 4 aromatic rings. The fourth-order valence-electron chi connectivity index (χ4n) is 2.87.